The van der Waals surface area contributed by atoms with Gasteiger partial charge in [-0.15, -0.1) is 0 Å². The van der Waals surface area contributed by atoms with Crippen LogP contribution in [0.4, 0.5) is 0 Å². The zero-order chi connectivity index (χ0) is 10.2. The molecule has 1 fully saturated rings. The zero-order valence-corrected chi connectivity index (χ0v) is 8.67. The summed E-state index contributed by atoms with van der Waals surface area (Å²) in [6.45, 7) is 0.794. The van der Waals surface area contributed by atoms with Crippen LogP contribution in [0.15, 0.2) is 24.3 Å². The topological polar surface area (TPSA) is 46.2 Å². The van der Waals surface area contributed by atoms with Crippen molar-refractivity contribution < 1.29 is 5.11 Å². The van der Waals surface area contributed by atoms with E-state index >= 15 is 0 Å². The summed E-state index contributed by atoms with van der Waals surface area (Å²) in [5.74, 6) is 0.311. The van der Waals surface area contributed by atoms with Gasteiger partial charge in [-0.3, -0.25) is 0 Å². The molecule has 2 rings (SSSR count). The second-order valence-electron chi connectivity index (χ2n) is 3.95. The van der Waals surface area contributed by atoms with Gasteiger partial charge < -0.3 is 10.8 Å². The fourth-order valence-corrected chi connectivity index (χ4v) is 2.33. The Balaban J connectivity index is 2.30. The van der Waals surface area contributed by atoms with Crippen LogP contribution in [0.2, 0.25) is 5.02 Å². The van der Waals surface area contributed by atoms with Crippen molar-refractivity contribution in [1.29, 1.82) is 0 Å². The summed E-state index contributed by atoms with van der Waals surface area (Å²) in [4.78, 5) is 0. The van der Waals surface area contributed by atoms with Crippen molar-refractivity contribution in [3.63, 3.8) is 0 Å². The predicted octanol–water partition coefficient (Wildman–Crippen LogP) is 1.55. The molecule has 2 nitrogen and oxygen atoms in total. The highest BCUT2D eigenvalue weighted by Gasteiger charge is 2.53. The summed E-state index contributed by atoms with van der Waals surface area (Å²) in [5, 5.41) is 9.85. The van der Waals surface area contributed by atoms with E-state index < -0.39 is 0 Å². The Labute approximate surface area is 88.7 Å². The number of aliphatic hydroxyl groups excluding tert-OH is 1. The summed E-state index contributed by atoms with van der Waals surface area (Å²) in [6.07, 6.45) is 0.973. The molecule has 0 aliphatic heterocycles. The highest BCUT2D eigenvalue weighted by Crippen LogP contribution is 2.53. The standard InChI is InChI=1S/C11H14ClNO/c12-10-3-1-2-8(4-10)11(7-13)5-9(11)6-14/h1-4,9,14H,5-7,13H2. The lowest BCUT2D eigenvalue weighted by Gasteiger charge is -2.15. The first-order valence-electron chi connectivity index (χ1n) is 4.80. The van der Waals surface area contributed by atoms with Crippen LogP contribution in [0, 0.1) is 5.92 Å². The van der Waals surface area contributed by atoms with Crippen molar-refractivity contribution in [3.05, 3.63) is 34.9 Å². The Morgan fingerprint density at radius 2 is 2.36 bits per heavy atom. The van der Waals surface area contributed by atoms with Gasteiger partial charge in [-0.2, -0.15) is 0 Å². The maximum Gasteiger partial charge on any atom is 0.0468 e. The highest BCUT2D eigenvalue weighted by atomic mass is 35.5. The van der Waals surface area contributed by atoms with E-state index in [0.29, 0.717) is 12.5 Å². The van der Waals surface area contributed by atoms with Gasteiger partial charge in [0.2, 0.25) is 0 Å². The molecule has 2 unspecified atom stereocenters. The van der Waals surface area contributed by atoms with Crippen LogP contribution in [0.3, 0.4) is 0 Å². The van der Waals surface area contributed by atoms with Crippen molar-refractivity contribution in [2.75, 3.05) is 13.2 Å². The minimum absolute atomic E-state index is 0.0142. The summed E-state index contributed by atoms with van der Waals surface area (Å²) in [6, 6.07) is 7.77. The molecule has 1 aromatic carbocycles. The largest absolute Gasteiger partial charge is 0.396 e. The Kier molecular flexibility index (Phi) is 2.52. The molecule has 1 saturated carbocycles. The lowest BCUT2D eigenvalue weighted by molar-refractivity contribution is 0.264. The minimum Gasteiger partial charge on any atom is -0.396 e. The van der Waals surface area contributed by atoms with Gasteiger partial charge in [-0.05, 0) is 30.0 Å². The summed E-state index contributed by atoms with van der Waals surface area (Å²) >= 11 is 5.92. The van der Waals surface area contributed by atoms with E-state index in [2.05, 4.69) is 0 Å². The Bertz CT molecular complexity index is 342. The normalized spacial score (nSPS) is 30.4. The molecule has 0 spiro atoms. The van der Waals surface area contributed by atoms with E-state index in [1.165, 1.54) is 0 Å². The van der Waals surface area contributed by atoms with E-state index in [1.807, 2.05) is 24.3 Å². The van der Waals surface area contributed by atoms with E-state index in [1.54, 1.807) is 0 Å². The average Bonchev–Trinajstić information content (AvgIpc) is 2.93. The molecule has 0 heterocycles. The first kappa shape index (κ1) is 9.97. The van der Waals surface area contributed by atoms with Crippen LogP contribution in [-0.2, 0) is 5.41 Å². The fourth-order valence-electron chi connectivity index (χ4n) is 2.14. The Hall–Kier alpha value is -0.570. The van der Waals surface area contributed by atoms with Crippen LogP contribution >= 0.6 is 11.6 Å². The van der Waals surface area contributed by atoms with Gasteiger partial charge >= 0.3 is 0 Å². The molecule has 76 valence electrons. The van der Waals surface area contributed by atoms with Crippen molar-refractivity contribution in [1.82, 2.24) is 0 Å². The summed E-state index contributed by atoms with van der Waals surface area (Å²) < 4.78 is 0. The smallest absolute Gasteiger partial charge is 0.0468 e. The molecule has 1 aliphatic carbocycles. The summed E-state index contributed by atoms with van der Waals surface area (Å²) in [7, 11) is 0. The maximum absolute atomic E-state index is 9.11. The molecule has 1 aliphatic rings. The van der Waals surface area contributed by atoms with Crippen LogP contribution in [0.25, 0.3) is 0 Å². The number of hydrogen-bond acceptors (Lipinski definition) is 2. The molecule has 0 saturated heterocycles. The first-order chi connectivity index (χ1) is 6.73. The lowest BCUT2D eigenvalue weighted by atomic mass is 9.93. The van der Waals surface area contributed by atoms with Gasteiger partial charge in [0.15, 0.2) is 0 Å². The third kappa shape index (κ3) is 1.44. The SMILES string of the molecule is NCC1(c2cccc(Cl)c2)CC1CO. The van der Waals surface area contributed by atoms with Gasteiger partial charge in [0.1, 0.15) is 0 Å². The third-order valence-electron chi connectivity index (χ3n) is 3.22. The quantitative estimate of drug-likeness (QED) is 0.797. The number of benzene rings is 1. The van der Waals surface area contributed by atoms with Crippen molar-refractivity contribution in [3.8, 4) is 0 Å². The monoisotopic (exact) mass is 211 g/mol. The van der Waals surface area contributed by atoms with Crippen molar-refractivity contribution in [2.45, 2.75) is 11.8 Å². The van der Waals surface area contributed by atoms with Crippen LogP contribution in [-0.4, -0.2) is 18.3 Å². The van der Waals surface area contributed by atoms with E-state index in [-0.39, 0.29) is 12.0 Å². The molecular weight excluding hydrogens is 198 g/mol. The van der Waals surface area contributed by atoms with Crippen LogP contribution < -0.4 is 5.73 Å². The van der Waals surface area contributed by atoms with Crippen LogP contribution in [0.5, 0.6) is 0 Å². The third-order valence-corrected chi connectivity index (χ3v) is 3.45. The lowest BCUT2D eigenvalue weighted by Crippen LogP contribution is -2.23. The zero-order valence-electron chi connectivity index (χ0n) is 7.91. The van der Waals surface area contributed by atoms with Crippen molar-refractivity contribution >= 4 is 11.6 Å². The minimum atomic E-state index is -0.0142. The molecule has 2 atom stereocenters. The van der Waals surface area contributed by atoms with E-state index in [9.17, 15) is 0 Å². The average molecular weight is 212 g/mol. The number of aliphatic hydroxyl groups is 1. The Morgan fingerprint density at radius 1 is 1.57 bits per heavy atom. The molecule has 0 radical (unpaired) electrons. The Morgan fingerprint density at radius 3 is 2.86 bits per heavy atom. The van der Waals surface area contributed by atoms with E-state index in [0.717, 1.165) is 17.0 Å². The second kappa shape index (κ2) is 3.54. The van der Waals surface area contributed by atoms with Crippen LogP contribution in [0.1, 0.15) is 12.0 Å². The van der Waals surface area contributed by atoms with Gasteiger partial charge in [0.05, 0.1) is 0 Å². The second-order valence-corrected chi connectivity index (χ2v) is 4.39. The molecule has 3 N–H and O–H groups in total. The fraction of sp³-hybridized carbons (Fsp3) is 0.455. The summed E-state index contributed by atoms with van der Waals surface area (Å²) in [5.41, 5.74) is 6.91. The van der Waals surface area contributed by atoms with Gasteiger partial charge in [-0.1, -0.05) is 23.7 Å². The number of nitrogens with two attached hydrogens (primary N) is 1. The van der Waals surface area contributed by atoms with Gasteiger partial charge in [0.25, 0.3) is 0 Å². The predicted molar refractivity (Wildman–Crippen MR) is 57.4 cm³/mol. The van der Waals surface area contributed by atoms with E-state index in [4.69, 9.17) is 22.4 Å². The van der Waals surface area contributed by atoms with Gasteiger partial charge in [-0.25, -0.2) is 0 Å². The molecular formula is C11H14ClNO. The molecule has 3 heteroatoms. The molecule has 0 amide bonds. The highest BCUT2D eigenvalue weighted by molar-refractivity contribution is 6.30. The molecule has 0 aromatic heterocycles. The maximum atomic E-state index is 9.11. The first-order valence-corrected chi connectivity index (χ1v) is 5.18. The van der Waals surface area contributed by atoms with Crippen molar-refractivity contribution in [2.24, 2.45) is 11.7 Å². The molecule has 1 aromatic rings. The molecule has 0 bridgehead atoms. The number of halogens is 1. The number of hydrogen-bond donors (Lipinski definition) is 2. The van der Waals surface area contributed by atoms with Gasteiger partial charge in [0, 0.05) is 23.6 Å². The molecule has 14 heavy (non-hydrogen) atoms. The number of rotatable bonds is 3.